The number of halogens is 1. The number of benzene rings is 2. The van der Waals surface area contributed by atoms with Crippen LogP contribution < -0.4 is 10.3 Å². The number of hydrogen-bond acceptors (Lipinski definition) is 5. The Balaban J connectivity index is 1.76. The summed E-state index contributed by atoms with van der Waals surface area (Å²) in [5.41, 5.74) is 3.63. The molecule has 162 valence electrons. The molecule has 0 saturated carbocycles. The van der Waals surface area contributed by atoms with E-state index in [1.807, 2.05) is 54.6 Å². The van der Waals surface area contributed by atoms with Crippen LogP contribution in [0.4, 0.5) is 0 Å². The lowest BCUT2D eigenvalue weighted by atomic mass is 9.95. The van der Waals surface area contributed by atoms with Crippen molar-refractivity contribution in [2.75, 3.05) is 20.3 Å². The molecule has 1 fully saturated rings. The summed E-state index contributed by atoms with van der Waals surface area (Å²) in [5.74, 6) is -0.382. The minimum absolute atomic E-state index is 0.142. The zero-order valence-electron chi connectivity index (χ0n) is 17.7. The SMILES string of the molecule is COc1cccc(-c2cc(=O)n(C)c3ncc(C4(c5ccc(Cl)cc5)OCCO4)cc23)c1. The maximum Gasteiger partial charge on any atom is 0.252 e. The maximum absolute atomic E-state index is 12.7. The van der Waals surface area contributed by atoms with Crippen LogP contribution in [0.15, 0.2) is 71.7 Å². The number of ether oxygens (including phenoxy) is 3. The summed E-state index contributed by atoms with van der Waals surface area (Å²) >= 11 is 6.10. The Morgan fingerprint density at radius 3 is 2.50 bits per heavy atom. The van der Waals surface area contributed by atoms with E-state index in [-0.39, 0.29) is 5.56 Å². The highest BCUT2D eigenvalue weighted by Crippen LogP contribution is 2.40. The van der Waals surface area contributed by atoms with Crippen LogP contribution in [0.5, 0.6) is 5.75 Å². The van der Waals surface area contributed by atoms with Crippen LogP contribution >= 0.6 is 11.6 Å². The van der Waals surface area contributed by atoms with E-state index in [4.69, 9.17) is 25.8 Å². The molecule has 0 bridgehead atoms. The van der Waals surface area contributed by atoms with Crippen molar-refractivity contribution in [2.45, 2.75) is 5.79 Å². The topological polar surface area (TPSA) is 62.6 Å². The molecule has 3 heterocycles. The molecule has 5 rings (SSSR count). The minimum Gasteiger partial charge on any atom is -0.497 e. The third-order valence-electron chi connectivity index (χ3n) is 5.75. The second kappa shape index (κ2) is 8.06. The van der Waals surface area contributed by atoms with E-state index >= 15 is 0 Å². The standard InChI is InChI=1S/C25H21ClN2O4/c1-28-23(29)14-21(16-4-3-5-20(12-16)30-2)22-13-18(15-27-24(22)28)25(31-10-11-32-25)17-6-8-19(26)9-7-17/h3-9,12-15H,10-11H2,1-2H3. The first-order chi connectivity index (χ1) is 15.5. The lowest BCUT2D eigenvalue weighted by Gasteiger charge is -2.28. The number of aryl methyl sites for hydroxylation is 1. The van der Waals surface area contributed by atoms with Gasteiger partial charge in [-0.25, -0.2) is 4.98 Å². The Labute approximate surface area is 190 Å². The molecule has 4 aromatic rings. The fraction of sp³-hybridized carbons (Fsp3) is 0.200. The van der Waals surface area contributed by atoms with E-state index in [2.05, 4.69) is 4.98 Å². The molecular weight excluding hydrogens is 428 g/mol. The van der Waals surface area contributed by atoms with Gasteiger partial charge in [0.1, 0.15) is 11.4 Å². The van der Waals surface area contributed by atoms with Crippen LogP contribution in [0.1, 0.15) is 11.1 Å². The molecule has 1 aliphatic rings. The normalized spacial score (nSPS) is 15.2. The summed E-state index contributed by atoms with van der Waals surface area (Å²) in [6.07, 6.45) is 1.71. The molecule has 6 nitrogen and oxygen atoms in total. The molecule has 32 heavy (non-hydrogen) atoms. The first-order valence-electron chi connectivity index (χ1n) is 10.2. The fourth-order valence-electron chi connectivity index (χ4n) is 4.12. The van der Waals surface area contributed by atoms with Crippen molar-refractivity contribution in [3.8, 4) is 16.9 Å². The summed E-state index contributed by atoms with van der Waals surface area (Å²) in [4.78, 5) is 17.3. The van der Waals surface area contributed by atoms with E-state index in [1.165, 1.54) is 4.57 Å². The van der Waals surface area contributed by atoms with Crippen molar-refractivity contribution in [1.29, 1.82) is 0 Å². The summed E-state index contributed by atoms with van der Waals surface area (Å²) in [6.45, 7) is 0.910. The van der Waals surface area contributed by atoms with Gasteiger partial charge in [0, 0.05) is 40.8 Å². The molecular formula is C25H21ClN2O4. The van der Waals surface area contributed by atoms with Gasteiger partial charge in [-0.1, -0.05) is 35.9 Å². The zero-order chi connectivity index (χ0) is 22.3. The van der Waals surface area contributed by atoms with Gasteiger partial charge in [-0.05, 0) is 41.5 Å². The molecule has 0 aliphatic carbocycles. The number of fused-ring (bicyclic) bond motifs is 1. The van der Waals surface area contributed by atoms with Gasteiger partial charge in [-0.2, -0.15) is 0 Å². The monoisotopic (exact) mass is 448 g/mol. The number of hydrogen-bond donors (Lipinski definition) is 0. The Morgan fingerprint density at radius 1 is 1.03 bits per heavy atom. The van der Waals surface area contributed by atoms with Crippen LogP contribution in [0.25, 0.3) is 22.2 Å². The van der Waals surface area contributed by atoms with Crippen LogP contribution in [0.3, 0.4) is 0 Å². The van der Waals surface area contributed by atoms with Gasteiger partial charge in [0.15, 0.2) is 0 Å². The molecule has 2 aromatic heterocycles. The largest absolute Gasteiger partial charge is 0.497 e. The smallest absolute Gasteiger partial charge is 0.252 e. The summed E-state index contributed by atoms with van der Waals surface area (Å²) in [7, 11) is 3.33. The lowest BCUT2D eigenvalue weighted by Crippen LogP contribution is -2.29. The van der Waals surface area contributed by atoms with Crippen LogP contribution in [-0.2, 0) is 22.3 Å². The number of aromatic nitrogens is 2. The van der Waals surface area contributed by atoms with Crippen molar-refractivity contribution in [3.05, 3.63) is 93.4 Å². The summed E-state index contributed by atoms with van der Waals surface area (Å²) < 4.78 is 19.2. The van der Waals surface area contributed by atoms with Crippen LogP contribution in [-0.4, -0.2) is 29.9 Å². The van der Waals surface area contributed by atoms with Gasteiger partial charge < -0.3 is 14.2 Å². The highest BCUT2D eigenvalue weighted by Gasteiger charge is 2.41. The van der Waals surface area contributed by atoms with E-state index in [0.717, 1.165) is 27.6 Å². The second-order valence-electron chi connectivity index (χ2n) is 7.60. The van der Waals surface area contributed by atoms with Gasteiger partial charge >= 0.3 is 0 Å². The number of rotatable bonds is 4. The average Bonchev–Trinajstić information content (AvgIpc) is 3.33. The first kappa shape index (κ1) is 20.7. The molecule has 0 spiro atoms. The van der Waals surface area contributed by atoms with E-state index in [9.17, 15) is 4.79 Å². The zero-order valence-corrected chi connectivity index (χ0v) is 18.4. The second-order valence-corrected chi connectivity index (χ2v) is 8.04. The van der Waals surface area contributed by atoms with Gasteiger partial charge in [0.05, 0.1) is 20.3 Å². The molecule has 0 N–H and O–H groups in total. The first-order valence-corrected chi connectivity index (χ1v) is 10.6. The van der Waals surface area contributed by atoms with Crippen molar-refractivity contribution in [2.24, 2.45) is 7.05 Å². The van der Waals surface area contributed by atoms with E-state index in [0.29, 0.717) is 29.6 Å². The quantitative estimate of drug-likeness (QED) is 0.459. The average molecular weight is 449 g/mol. The van der Waals surface area contributed by atoms with Crippen molar-refractivity contribution in [1.82, 2.24) is 9.55 Å². The molecule has 0 amide bonds. The highest BCUT2D eigenvalue weighted by molar-refractivity contribution is 6.30. The van der Waals surface area contributed by atoms with Gasteiger partial charge in [-0.3, -0.25) is 9.36 Å². The molecule has 1 aliphatic heterocycles. The predicted octanol–water partition coefficient (Wildman–Crippen LogP) is 4.51. The maximum atomic E-state index is 12.7. The summed E-state index contributed by atoms with van der Waals surface area (Å²) in [5, 5.41) is 1.44. The van der Waals surface area contributed by atoms with Gasteiger partial charge in [0.2, 0.25) is 5.79 Å². The van der Waals surface area contributed by atoms with Gasteiger partial charge in [0.25, 0.3) is 5.56 Å². The minimum atomic E-state index is -1.09. The predicted molar refractivity (Wildman–Crippen MR) is 123 cm³/mol. The molecule has 0 radical (unpaired) electrons. The highest BCUT2D eigenvalue weighted by atomic mass is 35.5. The molecule has 0 atom stereocenters. The molecule has 1 saturated heterocycles. The van der Waals surface area contributed by atoms with Crippen molar-refractivity contribution in [3.63, 3.8) is 0 Å². The lowest BCUT2D eigenvalue weighted by molar-refractivity contribution is -0.130. The number of nitrogens with zero attached hydrogens (tertiary/aromatic N) is 2. The Bertz CT molecular complexity index is 1360. The molecule has 7 heteroatoms. The number of methoxy groups -OCH3 is 1. The Morgan fingerprint density at radius 2 is 1.78 bits per heavy atom. The van der Waals surface area contributed by atoms with E-state index in [1.54, 1.807) is 26.4 Å². The third-order valence-corrected chi connectivity index (χ3v) is 6.00. The Kier molecular flexibility index (Phi) is 5.21. The fourth-order valence-corrected chi connectivity index (χ4v) is 4.24. The third kappa shape index (κ3) is 3.37. The van der Waals surface area contributed by atoms with Gasteiger partial charge in [-0.15, -0.1) is 0 Å². The Hall–Kier alpha value is -3.19. The van der Waals surface area contributed by atoms with Crippen molar-refractivity contribution >= 4 is 22.6 Å². The van der Waals surface area contributed by atoms with Crippen molar-refractivity contribution < 1.29 is 14.2 Å². The molecule has 2 aromatic carbocycles. The van der Waals surface area contributed by atoms with E-state index < -0.39 is 5.79 Å². The van der Waals surface area contributed by atoms with Crippen LogP contribution in [0, 0.1) is 0 Å². The van der Waals surface area contributed by atoms with Crippen LogP contribution in [0.2, 0.25) is 5.02 Å². The summed E-state index contributed by atoms with van der Waals surface area (Å²) in [6, 6.07) is 18.6. The number of pyridine rings is 2. The molecule has 0 unspecified atom stereocenters.